The van der Waals surface area contributed by atoms with Gasteiger partial charge in [-0.1, -0.05) is 18.2 Å². The van der Waals surface area contributed by atoms with Crippen LogP contribution in [0.3, 0.4) is 0 Å². The fourth-order valence-electron chi connectivity index (χ4n) is 3.21. The summed E-state index contributed by atoms with van der Waals surface area (Å²) in [4.78, 5) is 18.3. The van der Waals surface area contributed by atoms with Crippen molar-refractivity contribution in [3.05, 3.63) is 54.2 Å². The molecule has 1 aliphatic rings. The van der Waals surface area contributed by atoms with E-state index in [2.05, 4.69) is 10.3 Å². The van der Waals surface area contributed by atoms with E-state index in [0.717, 1.165) is 35.9 Å². The summed E-state index contributed by atoms with van der Waals surface area (Å²) in [7, 11) is 0. The topological polar surface area (TPSA) is 50.9 Å². The second-order valence-corrected chi connectivity index (χ2v) is 6.68. The molecule has 1 aromatic heterocycles. The van der Waals surface area contributed by atoms with E-state index in [1.54, 1.807) is 0 Å². The number of piperazine rings is 1. The Kier molecular flexibility index (Phi) is 5.65. The average Bonchev–Trinajstić information content (AvgIpc) is 2.68. The number of alkyl halides is 3. The van der Waals surface area contributed by atoms with Crippen molar-refractivity contribution in [2.45, 2.75) is 19.1 Å². The molecule has 144 valence electrons. The molecule has 1 saturated heterocycles. The van der Waals surface area contributed by atoms with Gasteiger partial charge in [0.05, 0.1) is 5.56 Å². The molecule has 0 radical (unpaired) electrons. The van der Waals surface area contributed by atoms with E-state index in [1.165, 1.54) is 6.07 Å². The molecule has 5 nitrogen and oxygen atoms in total. The number of pyridine rings is 1. The Morgan fingerprint density at radius 1 is 1.15 bits per heavy atom. The normalized spacial score (nSPS) is 16.8. The summed E-state index contributed by atoms with van der Waals surface area (Å²) in [6.45, 7) is 4.70. The molecule has 1 amide bonds. The van der Waals surface area contributed by atoms with Crippen molar-refractivity contribution in [1.82, 2.24) is 0 Å². The van der Waals surface area contributed by atoms with Crippen LogP contribution in [-0.2, 0) is 11.0 Å². The van der Waals surface area contributed by atoms with Gasteiger partial charge in [0.2, 0.25) is 0 Å². The number of halogens is 3. The summed E-state index contributed by atoms with van der Waals surface area (Å²) in [6.07, 6.45) is -3.36. The summed E-state index contributed by atoms with van der Waals surface area (Å²) in [5.41, 5.74) is 0.0773. The largest absolute Gasteiger partial charge is 0.419 e. The Morgan fingerprint density at radius 3 is 2.37 bits per heavy atom. The fraction of sp³-hybridized carbons (Fsp3) is 0.368. The van der Waals surface area contributed by atoms with Crippen molar-refractivity contribution in [2.75, 3.05) is 36.4 Å². The van der Waals surface area contributed by atoms with Crippen LogP contribution >= 0.6 is 0 Å². The van der Waals surface area contributed by atoms with Crippen LogP contribution in [0.5, 0.6) is 0 Å². The van der Waals surface area contributed by atoms with Gasteiger partial charge in [-0.2, -0.15) is 13.2 Å². The van der Waals surface area contributed by atoms with Gasteiger partial charge in [0.15, 0.2) is 6.04 Å². The zero-order valence-electron chi connectivity index (χ0n) is 15.0. The van der Waals surface area contributed by atoms with Crippen molar-refractivity contribution in [3.63, 3.8) is 0 Å². The number of H-pyrrole nitrogens is 1. The van der Waals surface area contributed by atoms with E-state index in [0.29, 0.717) is 18.9 Å². The summed E-state index contributed by atoms with van der Waals surface area (Å²) in [5.74, 6) is 0.620. The number of carbonyl (C=O) groups is 1. The standard InChI is InChI=1S/C19H21F3N4O/c1-14(18(27)24-16-5-3-2-4-6-16)25-9-11-26(12-10-25)17-8-7-15(13-23-17)19(20,21)22/h2-8,13-14H,9-12H2,1H3,(H,24,27)/p+2/t14-/m0/s1. The molecule has 3 N–H and O–H groups in total. The molecule has 0 saturated carbocycles. The van der Waals surface area contributed by atoms with E-state index in [-0.39, 0.29) is 11.9 Å². The van der Waals surface area contributed by atoms with Gasteiger partial charge in [-0.3, -0.25) is 9.69 Å². The number of hydrogen-bond acceptors (Lipinski definition) is 2. The number of anilines is 2. The number of carbonyl (C=O) groups excluding carboxylic acids is 1. The number of hydrogen-bond donors (Lipinski definition) is 2. The molecule has 8 heteroatoms. The second kappa shape index (κ2) is 7.96. The number of para-hydroxylation sites is 1. The maximum atomic E-state index is 12.7. The van der Waals surface area contributed by atoms with Crippen LogP contribution in [0.4, 0.5) is 24.7 Å². The van der Waals surface area contributed by atoms with E-state index < -0.39 is 11.7 Å². The lowest BCUT2D eigenvalue weighted by Crippen LogP contribution is -3.19. The lowest BCUT2D eigenvalue weighted by atomic mass is 10.2. The Balaban J connectivity index is 1.54. The number of quaternary nitrogens is 1. The molecule has 1 aliphatic heterocycles. The van der Waals surface area contributed by atoms with Gasteiger partial charge in [0.1, 0.15) is 32.4 Å². The van der Waals surface area contributed by atoms with Crippen LogP contribution in [0.2, 0.25) is 0 Å². The Bertz CT molecular complexity index is 757. The number of benzene rings is 1. The third kappa shape index (κ3) is 4.77. The lowest BCUT2D eigenvalue weighted by molar-refractivity contribution is -0.914. The first-order chi connectivity index (χ1) is 12.8. The number of nitrogens with zero attached hydrogens (tertiary/aromatic N) is 1. The summed E-state index contributed by atoms with van der Waals surface area (Å²) in [6, 6.07) is 11.7. The van der Waals surface area contributed by atoms with Crippen molar-refractivity contribution < 1.29 is 27.8 Å². The first kappa shape index (κ1) is 19.2. The molecular formula is C19H23F3N4O+2. The number of amides is 1. The highest BCUT2D eigenvalue weighted by molar-refractivity contribution is 5.93. The minimum Gasteiger partial charge on any atom is -0.321 e. The Morgan fingerprint density at radius 2 is 1.81 bits per heavy atom. The van der Waals surface area contributed by atoms with E-state index >= 15 is 0 Å². The number of aromatic nitrogens is 1. The van der Waals surface area contributed by atoms with Gasteiger partial charge in [0, 0.05) is 11.8 Å². The highest BCUT2D eigenvalue weighted by Gasteiger charge is 2.34. The van der Waals surface area contributed by atoms with Gasteiger partial charge >= 0.3 is 6.18 Å². The van der Waals surface area contributed by atoms with Crippen molar-refractivity contribution >= 4 is 17.4 Å². The molecule has 0 bridgehead atoms. The highest BCUT2D eigenvalue weighted by Crippen LogP contribution is 2.28. The number of rotatable bonds is 4. The van der Waals surface area contributed by atoms with E-state index in [1.807, 2.05) is 42.2 Å². The zero-order chi connectivity index (χ0) is 19.4. The third-order valence-corrected chi connectivity index (χ3v) is 4.92. The van der Waals surface area contributed by atoms with Gasteiger partial charge in [-0.25, -0.2) is 4.98 Å². The van der Waals surface area contributed by atoms with Gasteiger partial charge in [-0.05, 0) is 25.1 Å². The summed E-state index contributed by atoms with van der Waals surface area (Å²) in [5, 5.41) is 2.92. The van der Waals surface area contributed by atoms with Crippen LogP contribution in [0.1, 0.15) is 12.5 Å². The van der Waals surface area contributed by atoms with Crippen molar-refractivity contribution in [1.29, 1.82) is 0 Å². The molecule has 27 heavy (non-hydrogen) atoms. The molecule has 1 atom stereocenters. The molecule has 0 unspecified atom stereocenters. The molecule has 3 rings (SSSR count). The molecule has 0 spiro atoms. The smallest absolute Gasteiger partial charge is 0.321 e. The van der Waals surface area contributed by atoms with E-state index in [9.17, 15) is 18.0 Å². The van der Waals surface area contributed by atoms with Gasteiger partial charge in [0.25, 0.3) is 11.7 Å². The summed E-state index contributed by atoms with van der Waals surface area (Å²) >= 11 is 0. The molecular weight excluding hydrogens is 357 g/mol. The van der Waals surface area contributed by atoms with E-state index in [4.69, 9.17) is 0 Å². The third-order valence-electron chi connectivity index (χ3n) is 4.92. The van der Waals surface area contributed by atoms with Crippen molar-refractivity contribution in [2.24, 2.45) is 0 Å². The van der Waals surface area contributed by atoms with Crippen LogP contribution in [0.25, 0.3) is 0 Å². The van der Waals surface area contributed by atoms with Gasteiger partial charge < -0.3 is 10.2 Å². The maximum Gasteiger partial charge on any atom is 0.419 e. The number of nitrogens with one attached hydrogen (secondary N) is 3. The highest BCUT2D eigenvalue weighted by atomic mass is 19.4. The Labute approximate surface area is 155 Å². The van der Waals surface area contributed by atoms with Crippen molar-refractivity contribution in [3.8, 4) is 0 Å². The quantitative estimate of drug-likeness (QED) is 0.839. The fourth-order valence-corrected chi connectivity index (χ4v) is 3.21. The van der Waals surface area contributed by atoms with Crippen LogP contribution in [0, 0.1) is 0 Å². The van der Waals surface area contributed by atoms with Crippen LogP contribution in [0.15, 0.2) is 48.7 Å². The monoisotopic (exact) mass is 380 g/mol. The zero-order valence-corrected chi connectivity index (χ0v) is 15.0. The van der Waals surface area contributed by atoms with Gasteiger partial charge in [-0.15, -0.1) is 0 Å². The number of aromatic amines is 1. The molecule has 2 aromatic rings. The first-order valence-electron chi connectivity index (χ1n) is 8.89. The maximum absolute atomic E-state index is 12.7. The molecule has 0 aliphatic carbocycles. The minimum absolute atomic E-state index is 0.0363. The van der Waals surface area contributed by atoms with Crippen LogP contribution < -0.4 is 20.1 Å². The average molecular weight is 380 g/mol. The Hall–Kier alpha value is -2.61. The SMILES string of the molecule is C[C@@H](C(=O)Nc1ccccc1)[NH+]1CCN(c2ccc(C(F)(F)F)c[nH+]2)CC1. The second-order valence-electron chi connectivity index (χ2n) is 6.68. The van der Waals surface area contributed by atoms with Crippen LogP contribution in [-0.4, -0.2) is 38.1 Å². The predicted molar refractivity (Wildman–Crippen MR) is 95.4 cm³/mol. The minimum atomic E-state index is -4.35. The molecule has 1 aromatic carbocycles. The summed E-state index contributed by atoms with van der Waals surface area (Å²) < 4.78 is 38.0. The predicted octanol–water partition coefficient (Wildman–Crippen LogP) is 1.25. The lowest BCUT2D eigenvalue weighted by Gasteiger charge is -2.31. The molecule has 1 fully saturated rings. The molecule has 2 heterocycles. The first-order valence-corrected chi connectivity index (χ1v) is 8.89.